The van der Waals surface area contributed by atoms with Gasteiger partial charge in [-0.1, -0.05) is 0 Å². The van der Waals surface area contributed by atoms with Gasteiger partial charge in [0.25, 0.3) is 0 Å². The average molecular weight is 174 g/mol. The van der Waals surface area contributed by atoms with Crippen LogP contribution in [0.4, 0.5) is 0 Å². The van der Waals surface area contributed by atoms with E-state index in [-0.39, 0.29) is 12.3 Å². The van der Waals surface area contributed by atoms with E-state index in [4.69, 9.17) is 5.11 Å². The summed E-state index contributed by atoms with van der Waals surface area (Å²) in [7, 11) is 4.75. The van der Waals surface area contributed by atoms with Crippen molar-refractivity contribution in [2.24, 2.45) is 0 Å². The standard InChI is InChI=1S/C7H14N2O3/c1-8-5(4-6(10)11)7(12)9(2)3/h5,8H,4H2,1-3H3,(H,10,11)/t5-/m0/s1. The molecule has 0 unspecified atom stereocenters. The van der Waals surface area contributed by atoms with Crippen molar-refractivity contribution in [3.05, 3.63) is 0 Å². The number of amides is 1. The summed E-state index contributed by atoms with van der Waals surface area (Å²) in [6, 6.07) is -0.627. The van der Waals surface area contributed by atoms with Gasteiger partial charge in [0, 0.05) is 14.1 Å². The molecule has 1 atom stereocenters. The van der Waals surface area contributed by atoms with E-state index in [0.29, 0.717) is 0 Å². The van der Waals surface area contributed by atoms with Gasteiger partial charge in [-0.3, -0.25) is 9.59 Å². The van der Waals surface area contributed by atoms with Crippen molar-refractivity contribution in [3.8, 4) is 0 Å². The second kappa shape index (κ2) is 4.71. The second-order valence-electron chi connectivity index (χ2n) is 2.67. The van der Waals surface area contributed by atoms with Crippen LogP contribution >= 0.6 is 0 Å². The first kappa shape index (κ1) is 10.9. The van der Waals surface area contributed by atoms with Gasteiger partial charge in [-0.15, -0.1) is 0 Å². The normalized spacial score (nSPS) is 12.2. The molecular formula is C7H14N2O3. The Kier molecular flexibility index (Phi) is 4.28. The molecule has 5 heteroatoms. The Bertz CT molecular complexity index is 179. The average Bonchev–Trinajstić information content (AvgIpc) is 1.98. The van der Waals surface area contributed by atoms with Crippen molar-refractivity contribution < 1.29 is 14.7 Å². The van der Waals surface area contributed by atoms with Crippen molar-refractivity contribution >= 4 is 11.9 Å². The van der Waals surface area contributed by atoms with Crippen LogP contribution in [0.3, 0.4) is 0 Å². The van der Waals surface area contributed by atoms with Crippen molar-refractivity contribution in [3.63, 3.8) is 0 Å². The molecule has 0 radical (unpaired) electrons. The van der Waals surface area contributed by atoms with Gasteiger partial charge in [0.2, 0.25) is 5.91 Å². The highest BCUT2D eigenvalue weighted by Gasteiger charge is 2.20. The molecule has 0 spiro atoms. The molecule has 5 nitrogen and oxygen atoms in total. The predicted molar refractivity (Wildman–Crippen MR) is 43.8 cm³/mol. The Balaban J connectivity index is 4.15. The Morgan fingerprint density at radius 2 is 2.00 bits per heavy atom. The van der Waals surface area contributed by atoms with Crippen molar-refractivity contribution in [1.29, 1.82) is 0 Å². The highest BCUT2D eigenvalue weighted by Crippen LogP contribution is 1.95. The number of carbonyl (C=O) groups is 2. The molecule has 0 rings (SSSR count). The maximum Gasteiger partial charge on any atom is 0.305 e. The number of hydrogen-bond donors (Lipinski definition) is 2. The van der Waals surface area contributed by atoms with Gasteiger partial charge in [-0.2, -0.15) is 0 Å². The fourth-order valence-corrected chi connectivity index (χ4v) is 0.799. The van der Waals surface area contributed by atoms with Crippen LogP contribution in [0.2, 0.25) is 0 Å². The van der Waals surface area contributed by atoms with Crippen LogP contribution in [-0.2, 0) is 9.59 Å². The quantitative estimate of drug-likeness (QED) is 0.581. The number of hydrogen-bond acceptors (Lipinski definition) is 3. The van der Waals surface area contributed by atoms with Gasteiger partial charge in [-0.25, -0.2) is 0 Å². The van der Waals surface area contributed by atoms with Gasteiger partial charge in [0.1, 0.15) is 0 Å². The summed E-state index contributed by atoms with van der Waals surface area (Å²) in [4.78, 5) is 22.9. The summed E-state index contributed by atoms with van der Waals surface area (Å²) in [5, 5.41) is 11.1. The molecule has 12 heavy (non-hydrogen) atoms. The van der Waals surface area contributed by atoms with E-state index in [9.17, 15) is 9.59 Å². The summed E-state index contributed by atoms with van der Waals surface area (Å²) >= 11 is 0. The van der Waals surface area contributed by atoms with Crippen LogP contribution in [-0.4, -0.2) is 49.1 Å². The van der Waals surface area contributed by atoms with E-state index < -0.39 is 12.0 Å². The third kappa shape index (κ3) is 3.34. The second-order valence-corrected chi connectivity index (χ2v) is 2.67. The largest absolute Gasteiger partial charge is 0.481 e. The van der Waals surface area contributed by atoms with Gasteiger partial charge < -0.3 is 15.3 Å². The molecule has 0 aliphatic carbocycles. The number of carboxylic acid groups (broad SMARTS) is 1. The number of carboxylic acids is 1. The first-order chi connectivity index (χ1) is 5.49. The molecule has 0 saturated carbocycles. The zero-order chi connectivity index (χ0) is 9.72. The molecule has 0 aliphatic rings. The Hall–Kier alpha value is -1.10. The molecule has 2 N–H and O–H groups in total. The molecule has 0 heterocycles. The molecule has 0 aromatic carbocycles. The van der Waals surface area contributed by atoms with E-state index in [1.807, 2.05) is 0 Å². The summed E-state index contributed by atoms with van der Waals surface area (Å²) in [5.41, 5.74) is 0. The van der Waals surface area contributed by atoms with Gasteiger partial charge >= 0.3 is 5.97 Å². The summed E-state index contributed by atoms with van der Waals surface area (Å²) in [5.74, 6) is -1.20. The van der Waals surface area contributed by atoms with Crippen molar-refractivity contribution in [2.45, 2.75) is 12.5 Å². The van der Waals surface area contributed by atoms with Gasteiger partial charge in [0.15, 0.2) is 0 Å². The molecule has 0 aromatic heterocycles. The smallest absolute Gasteiger partial charge is 0.305 e. The maximum absolute atomic E-state index is 11.2. The number of likely N-dealkylation sites (N-methyl/N-ethyl adjacent to an activating group) is 2. The maximum atomic E-state index is 11.2. The van der Waals surface area contributed by atoms with Crippen LogP contribution in [0.5, 0.6) is 0 Å². The molecule has 0 saturated heterocycles. The van der Waals surface area contributed by atoms with Crippen LogP contribution in [0, 0.1) is 0 Å². The Morgan fingerprint density at radius 3 is 2.25 bits per heavy atom. The lowest BCUT2D eigenvalue weighted by molar-refractivity contribution is -0.141. The third-order valence-electron chi connectivity index (χ3n) is 1.47. The molecule has 0 aromatic rings. The van der Waals surface area contributed by atoms with E-state index in [1.54, 1.807) is 21.1 Å². The minimum atomic E-state index is -0.982. The van der Waals surface area contributed by atoms with Crippen LogP contribution in [0.25, 0.3) is 0 Å². The minimum absolute atomic E-state index is 0.187. The lowest BCUT2D eigenvalue weighted by Crippen LogP contribution is -2.43. The number of carbonyl (C=O) groups excluding carboxylic acids is 1. The van der Waals surface area contributed by atoms with Crippen LogP contribution < -0.4 is 5.32 Å². The first-order valence-electron chi connectivity index (χ1n) is 3.59. The zero-order valence-corrected chi connectivity index (χ0v) is 7.50. The SMILES string of the molecule is CN[C@@H](CC(=O)O)C(=O)N(C)C. The molecule has 1 amide bonds. The van der Waals surface area contributed by atoms with Crippen LogP contribution in [0.15, 0.2) is 0 Å². The van der Waals surface area contributed by atoms with E-state index in [2.05, 4.69) is 5.32 Å². The van der Waals surface area contributed by atoms with Crippen molar-refractivity contribution in [1.82, 2.24) is 10.2 Å². The van der Waals surface area contributed by atoms with E-state index in [1.165, 1.54) is 4.90 Å². The van der Waals surface area contributed by atoms with E-state index in [0.717, 1.165) is 0 Å². The minimum Gasteiger partial charge on any atom is -0.481 e. The fourth-order valence-electron chi connectivity index (χ4n) is 0.799. The summed E-state index contributed by atoms with van der Waals surface area (Å²) < 4.78 is 0. The molecule has 0 fully saturated rings. The molecule has 0 aliphatic heterocycles. The number of rotatable bonds is 4. The highest BCUT2D eigenvalue weighted by molar-refractivity contribution is 5.85. The summed E-state index contributed by atoms with van der Waals surface area (Å²) in [6.07, 6.45) is -0.187. The Labute approximate surface area is 71.4 Å². The molecule has 0 bridgehead atoms. The number of aliphatic carboxylic acids is 1. The van der Waals surface area contributed by atoms with Gasteiger partial charge in [0.05, 0.1) is 12.5 Å². The van der Waals surface area contributed by atoms with Crippen LogP contribution in [0.1, 0.15) is 6.42 Å². The number of nitrogens with one attached hydrogen (secondary N) is 1. The van der Waals surface area contributed by atoms with Crippen molar-refractivity contribution in [2.75, 3.05) is 21.1 Å². The lowest BCUT2D eigenvalue weighted by Gasteiger charge is -2.17. The molecular weight excluding hydrogens is 160 g/mol. The monoisotopic (exact) mass is 174 g/mol. The Morgan fingerprint density at radius 1 is 1.50 bits per heavy atom. The highest BCUT2D eigenvalue weighted by atomic mass is 16.4. The van der Waals surface area contributed by atoms with E-state index >= 15 is 0 Å². The third-order valence-corrected chi connectivity index (χ3v) is 1.47. The fraction of sp³-hybridized carbons (Fsp3) is 0.714. The topological polar surface area (TPSA) is 69.6 Å². The first-order valence-corrected chi connectivity index (χ1v) is 3.59. The lowest BCUT2D eigenvalue weighted by atomic mass is 10.2. The number of nitrogens with zero attached hydrogens (tertiary/aromatic N) is 1. The predicted octanol–water partition coefficient (Wildman–Crippen LogP) is -0.863. The zero-order valence-electron chi connectivity index (χ0n) is 7.50. The molecule has 70 valence electrons. The summed E-state index contributed by atoms with van der Waals surface area (Å²) in [6.45, 7) is 0. The van der Waals surface area contributed by atoms with Gasteiger partial charge in [-0.05, 0) is 7.05 Å².